The summed E-state index contributed by atoms with van der Waals surface area (Å²) in [5.41, 5.74) is 0. The summed E-state index contributed by atoms with van der Waals surface area (Å²) in [6.07, 6.45) is 5.36. The molecule has 0 spiro atoms. The summed E-state index contributed by atoms with van der Waals surface area (Å²) in [4.78, 5) is 77.6. The fourth-order valence-electron chi connectivity index (χ4n) is 4.61. The van der Waals surface area contributed by atoms with Gasteiger partial charge in [0.05, 0.1) is 0 Å². The fourth-order valence-corrected chi connectivity index (χ4v) is 4.61. The second-order valence-electron chi connectivity index (χ2n) is 9.75. The molecular weight excluding hydrogens is 468 g/mol. The second-order valence-corrected chi connectivity index (χ2v) is 9.75. The number of aliphatic carboxylic acids is 1. The number of nitrogens with one attached hydrogen (secondary N) is 3. The Balaban J connectivity index is 2.30. The van der Waals surface area contributed by atoms with Crippen molar-refractivity contribution in [2.45, 2.75) is 109 Å². The fraction of sp³-hybridized carbons (Fsp3) is 0.760. The average Bonchev–Trinajstić information content (AvgIpc) is 2.87. The Kier molecular flexibility index (Phi) is 11.3. The van der Waals surface area contributed by atoms with Gasteiger partial charge in [0.25, 0.3) is 5.91 Å². The number of amides is 4. The van der Waals surface area contributed by atoms with Crippen molar-refractivity contribution < 1.29 is 33.9 Å². The monoisotopic (exact) mass is 508 g/mol. The molecule has 2 aliphatic heterocycles. The number of fused-ring (bicyclic) bond motifs is 1. The quantitative estimate of drug-likeness (QED) is 0.252. The van der Waals surface area contributed by atoms with Crippen LogP contribution in [0.15, 0.2) is 0 Å². The van der Waals surface area contributed by atoms with E-state index in [1.54, 1.807) is 13.8 Å². The molecule has 0 saturated carbocycles. The largest absolute Gasteiger partial charge is 0.479 e. The summed E-state index contributed by atoms with van der Waals surface area (Å²) in [6.45, 7) is 5.75. The number of nitrogens with zero attached hydrogens (tertiary/aromatic N) is 1. The molecule has 1 unspecified atom stereocenters. The molecule has 11 heteroatoms. The molecule has 2 fully saturated rings. The van der Waals surface area contributed by atoms with E-state index in [0.29, 0.717) is 57.9 Å². The maximum absolute atomic E-state index is 13.5. The van der Waals surface area contributed by atoms with Crippen LogP contribution in [0.5, 0.6) is 0 Å². The number of unbranched alkanes of at least 4 members (excludes halogenated alkanes) is 2. The number of carbonyl (C=O) groups is 6. The first kappa shape index (κ1) is 29.3. The Morgan fingerprint density at radius 2 is 1.69 bits per heavy atom. The van der Waals surface area contributed by atoms with Gasteiger partial charge in [0.1, 0.15) is 23.9 Å². The molecule has 0 bridgehead atoms. The Labute approximate surface area is 212 Å². The lowest BCUT2D eigenvalue weighted by Gasteiger charge is -2.39. The smallest absolute Gasteiger partial charge is 0.336 e. The van der Waals surface area contributed by atoms with Gasteiger partial charge in [-0.2, -0.15) is 0 Å². The minimum absolute atomic E-state index is 0.153. The van der Waals surface area contributed by atoms with E-state index in [2.05, 4.69) is 16.0 Å². The van der Waals surface area contributed by atoms with Crippen LogP contribution in [0.4, 0.5) is 0 Å². The average molecular weight is 509 g/mol. The van der Waals surface area contributed by atoms with Crippen LogP contribution in [0.2, 0.25) is 0 Å². The van der Waals surface area contributed by atoms with E-state index in [1.165, 1.54) is 4.90 Å². The third-order valence-electron chi connectivity index (χ3n) is 7.14. The van der Waals surface area contributed by atoms with E-state index in [1.807, 2.05) is 6.92 Å². The summed E-state index contributed by atoms with van der Waals surface area (Å²) < 4.78 is 0. The van der Waals surface area contributed by atoms with Gasteiger partial charge in [0.15, 0.2) is 0 Å². The van der Waals surface area contributed by atoms with Crippen LogP contribution in [0.25, 0.3) is 0 Å². The Morgan fingerprint density at radius 3 is 2.33 bits per heavy atom. The van der Waals surface area contributed by atoms with E-state index in [0.717, 1.165) is 6.42 Å². The van der Waals surface area contributed by atoms with E-state index >= 15 is 0 Å². The van der Waals surface area contributed by atoms with Crippen molar-refractivity contribution in [2.24, 2.45) is 5.92 Å². The zero-order valence-corrected chi connectivity index (χ0v) is 21.5. The molecule has 0 aromatic rings. The second kappa shape index (κ2) is 13.9. The number of hydrogen-bond acceptors (Lipinski definition) is 6. The molecule has 2 rings (SSSR count). The highest BCUT2D eigenvalue weighted by Gasteiger charge is 2.41. The van der Waals surface area contributed by atoms with E-state index in [-0.39, 0.29) is 18.1 Å². The standard InChI is InChI=1S/C25H40N4O7/c1-4-15(3)19-24(34)29-14-10-9-13-18(29)22(32)26-17(12-8-6-7-11-16(30)5-2)21(31)28-20(25(35)36)23(33)27-19/h15,17-20H,4-14H2,1-3H3,(H,26,32)(H,27,33)(H,28,31)(H,35,36)/t15?,17-,18+,19-,20-/m0/s1. The summed E-state index contributed by atoms with van der Waals surface area (Å²) in [5.74, 6) is -4.37. The minimum atomic E-state index is -1.91. The van der Waals surface area contributed by atoms with Crippen LogP contribution in [-0.4, -0.2) is 76.1 Å². The van der Waals surface area contributed by atoms with Crippen molar-refractivity contribution in [2.75, 3.05) is 6.54 Å². The van der Waals surface area contributed by atoms with Gasteiger partial charge >= 0.3 is 5.97 Å². The van der Waals surface area contributed by atoms with Crippen LogP contribution in [0.3, 0.4) is 0 Å². The lowest BCUT2D eigenvalue weighted by Crippen LogP contribution is -2.65. The molecule has 0 aliphatic carbocycles. The van der Waals surface area contributed by atoms with E-state index < -0.39 is 53.8 Å². The van der Waals surface area contributed by atoms with Gasteiger partial charge in [-0.15, -0.1) is 0 Å². The van der Waals surface area contributed by atoms with Crippen molar-refractivity contribution in [3.8, 4) is 0 Å². The van der Waals surface area contributed by atoms with Crippen molar-refractivity contribution >= 4 is 35.4 Å². The molecule has 11 nitrogen and oxygen atoms in total. The predicted molar refractivity (Wildman–Crippen MR) is 131 cm³/mol. The molecule has 2 aliphatic rings. The summed E-state index contributed by atoms with van der Waals surface area (Å²) >= 11 is 0. The van der Waals surface area contributed by atoms with Crippen molar-refractivity contribution in [1.29, 1.82) is 0 Å². The van der Waals surface area contributed by atoms with Crippen LogP contribution in [0.1, 0.15) is 85.0 Å². The molecular formula is C25H40N4O7. The van der Waals surface area contributed by atoms with Crippen molar-refractivity contribution in [3.05, 3.63) is 0 Å². The molecule has 4 amide bonds. The van der Waals surface area contributed by atoms with Crippen molar-refractivity contribution in [3.63, 3.8) is 0 Å². The number of hydrogen-bond donors (Lipinski definition) is 4. The first-order chi connectivity index (χ1) is 17.1. The zero-order valence-electron chi connectivity index (χ0n) is 21.5. The molecule has 2 saturated heterocycles. The Morgan fingerprint density at radius 1 is 0.972 bits per heavy atom. The van der Waals surface area contributed by atoms with Crippen LogP contribution in [0, 0.1) is 5.92 Å². The lowest BCUT2D eigenvalue weighted by molar-refractivity contribution is -0.151. The number of piperidine rings is 1. The number of carbonyl (C=O) groups excluding carboxylic acids is 5. The SMILES string of the molecule is CCC(=O)CCCCC[C@@H]1NC(=O)[C@H]2CCCCN2C(=O)[C@H](C(C)CC)NC(=O)[C@@H](C(=O)O)NC1=O. The summed E-state index contributed by atoms with van der Waals surface area (Å²) in [7, 11) is 0. The predicted octanol–water partition coefficient (Wildman–Crippen LogP) is 0.896. The first-order valence-electron chi connectivity index (χ1n) is 13.1. The van der Waals surface area contributed by atoms with Gasteiger partial charge in [0, 0.05) is 19.4 Å². The molecule has 4 N–H and O–H groups in total. The molecule has 2 heterocycles. The summed E-state index contributed by atoms with van der Waals surface area (Å²) in [6, 6.07) is -4.77. The van der Waals surface area contributed by atoms with Gasteiger partial charge in [-0.25, -0.2) is 4.79 Å². The van der Waals surface area contributed by atoms with E-state index in [9.17, 15) is 33.9 Å². The van der Waals surface area contributed by atoms with Gasteiger partial charge in [0.2, 0.25) is 23.8 Å². The van der Waals surface area contributed by atoms with Gasteiger partial charge < -0.3 is 26.0 Å². The highest BCUT2D eigenvalue weighted by molar-refractivity contribution is 6.06. The molecule has 36 heavy (non-hydrogen) atoms. The number of ketones is 1. The molecule has 0 aromatic carbocycles. The topological polar surface area (TPSA) is 162 Å². The highest BCUT2D eigenvalue weighted by atomic mass is 16.4. The maximum Gasteiger partial charge on any atom is 0.336 e. The minimum Gasteiger partial charge on any atom is -0.479 e. The zero-order chi connectivity index (χ0) is 26.8. The van der Waals surface area contributed by atoms with Gasteiger partial charge in [-0.1, -0.05) is 40.0 Å². The number of carboxylic acid groups (broad SMARTS) is 1. The highest BCUT2D eigenvalue weighted by Crippen LogP contribution is 2.22. The summed E-state index contributed by atoms with van der Waals surface area (Å²) in [5, 5.41) is 17.1. The molecule has 202 valence electrons. The third kappa shape index (κ3) is 7.76. The van der Waals surface area contributed by atoms with Crippen LogP contribution >= 0.6 is 0 Å². The maximum atomic E-state index is 13.5. The molecule has 5 atom stereocenters. The first-order valence-corrected chi connectivity index (χ1v) is 13.1. The normalized spacial score (nSPS) is 26.5. The number of carboxylic acids is 1. The van der Waals surface area contributed by atoms with Crippen LogP contribution in [-0.2, 0) is 28.8 Å². The van der Waals surface area contributed by atoms with Gasteiger partial charge in [-0.05, 0) is 38.0 Å². The van der Waals surface area contributed by atoms with Crippen LogP contribution < -0.4 is 16.0 Å². The third-order valence-corrected chi connectivity index (χ3v) is 7.14. The van der Waals surface area contributed by atoms with Gasteiger partial charge in [-0.3, -0.25) is 24.0 Å². The Bertz CT molecular complexity index is 846. The Hall–Kier alpha value is -2.98. The van der Waals surface area contributed by atoms with Crippen molar-refractivity contribution in [1.82, 2.24) is 20.9 Å². The molecule has 0 aromatic heterocycles. The number of rotatable bonds is 10. The lowest BCUT2D eigenvalue weighted by atomic mass is 9.93. The number of Topliss-reactive ketones (excluding diaryl/α,β-unsaturated/α-hetero) is 1. The van der Waals surface area contributed by atoms with E-state index in [4.69, 9.17) is 0 Å². The molecule has 0 radical (unpaired) electrons.